The van der Waals surface area contributed by atoms with Gasteiger partial charge in [-0.05, 0) is 39.5 Å². The van der Waals surface area contributed by atoms with Crippen LogP contribution in [0.15, 0.2) is 0 Å². The van der Waals surface area contributed by atoms with Crippen LogP contribution in [0.3, 0.4) is 0 Å². The van der Waals surface area contributed by atoms with Crippen molar-refractivity contribution in [2.75, 3.05) is 13.2 Å². The molecule has 16 heavy (non-hydrogen) atoms. The molecule has 4 atom stereocenters. The molecule has 0 amide bonds. The van der Waals surface area contributed by atoms with Crippen molar-refractivity contribution in [3.05, 3.63) is 0 Å². The van der Waals surface area contributed by atoms with Crippen LogP contribution in [0.5, 0.6) is 0 Å². The smallest absolute Gasteiger partial charge is 0.0561 e. The van der Waals surface area contributed by atoms with Crippen molar-refractivity contribution in [2.45, 2.75) is 63.8 Å². The lowest BCUT2D eigenvalue weighted by Gasteiger charge is -2.23. The lowest BCUT2D eigenvalue weighted by atomic mass is 10.1. The zero-order chi connectivity index (χ0) is 12.0. The zero-order valence-corrected chi connectivity index (χ0v) is 10.5. The quantitative estimate of drug-likeness (QED) is 0.652. The second kappa shape index (κ2) is 7.22. The Kier molecular flexibility index (Phi) is 6.28. The van der Waals surface area contributed by atoms with Crippen molar-refractivity contribution >= 4 is 0 Å². The Balaban J connectivity index is 0.000000160. The third-order valence-corrected chi connectivity index (χ3v) is 3.05. The molecule has 2 saturated heterocycles. The summed E-state index contributed by atoms with van der Waals surface area (Å²) in [4.78, 5) is 0. The minimum Gasteiger partial charge on any atom is -0.378 e. The SMILES string of the molecule is C[C@@H]1C[C@H](N)CCO1.C[C@H]1C[C@@H](N)CCO1. The monoisotopic (exact) mass is 230 g/mol. The summed E-state index contributed by atoms with van der Waals surface area (Å²) >= 11 is 0. The van der Waals surface area contributed by atoms with Crippen LogP contribution in [0.4, 0.5) is 0 Å². The number of hydrogen-bond donors (Lipinski definition) is 2. The Bertz CT molecular complexity index is 154. The minimum atomic E-state index is 0.388. The molecule has 2 fully saturated rings. The molecule has 0 aromatic rings. The fourth-order valence-corrected chi connectivity index (χ4v) is 2.07. The lowest BCUT2D eigenvalue weighted by Crippen LogP contribution is -2.32. The first-order chi connectivity index (χ1) is 7.58. The number of ether oxygens (including phenoxy) is 2. The van der Waals surface area contributed by atoms with E-state index in [0.717, 1.165) is 38.9 Å². The van der Waals surface area contributed by atoms with Crippen LogP contribution in [0, 0.1) is 0 Å². The predicted octanol–water partition coefficient (Wildman–Crippen LogP) is 1.03. The van der Waals surface area contributed by atoms with Crippen molar-refractivity contribution in [3.63, 3.8) is 0 Å². The molecule has 4 N–H and O–H groups in total. The summed E-state index contributed by atoms with van der Waals surface area (Å²) in [6, 6.07) is 0.775. The van der Waals surface area contributed by atoms with Crippen LogP contribution in [0.25, 0.3) is 0 Å². The number of nitrogens with two attached hydrogens (primary N) is 2. The molecule has 0 aromatic heterocycles. The normalized spacial score (nSPS) is 39.8. The van der Waals surface area contributed by atoms with Gasteiger partial charge in [-0.25, -0.2) is 0 Å². The summed E-state index contributed by atoms with van der Waals surface area (Å²) in [5.41, 5.74) is 11.3. The summed E-state index contributed by atoms with van der Waals surface area (Å²) in [7, 11) is 0. The topological polar surface area (TPSA) is 70.5 Å². The molecule has 0 radical (unpaired) electrons. The van der Waals surface area contributed by atoms with Gasteiger partial charge in [-0.1, -0.05) is 0 Å². The summed E-state index contributed by atoms with van der Waals surface area (Å²) in [6.45, 7) is 5.84. The van der Waals surface area contributed by atoms with Crippen LogP contribution >= 0.6 is 0 Å². The van der Waals surface area contributed by atoms with Crippen molar-refractivity contribution < 1.29 is 9.47 Å². The van der Waals surface area contributed by atoms with Gasteiger partial charge >= 0.3 is 0 Å². The van der Waals surface area contributed by atoms with Gasteiger partial charge in [0, 0.05) is 25.3 Å². The molecule has 0 unspecified atom stereocenters. The summed E-state index contributed by atoms with van der Waals surface area (Å²) in [5.74, 6) is 0. The van der Waals surface area contributed by atoms with E-state index in [-0.39, 0.29) is 0 Å². The van der Waals surface area contributed by atoms with E-state index in [9.17, 15) is 0 Å². The lowest BCUT2D eigenvalue weighted by molar-refractivity contribution is 0.0198. The summed E-state index contributed by atoms with van der Waals surface area (Å²) in [5, 5.41) is 0. The van der Waals surface area contributed by atoms with Crippen molar-refractivity contribution in [3.8, 4) is 0 Å². The molecular weight excluding hydrogens is 204 g/mol. The Morgan fingerprint density at radius 2 is 1.19 bits per heavy atom. The minimum absolute atomic E-state index is 0.388. The first-order valence-electron chi connectivity index (χ1n) is 6.32. The van der Waals surface area contributed by atoms with E-state index in [1.165, 1.54) is 0 Å². The van der Waals surface area contributed by atoms with Gasteiger partial charge in [0.15, 0.2) is 0 Å². The summed E-state index contributed by atoms with van der Waals surface area (Å²) < 4.78 is 10.5. The van der Waals surface area contributed by atoms with Crippen molar-refractivity contribution in [2.24, 2.45) is 11.5 Å². The third kappa shape index (κ3) is 5.80. The van der Waals surface area contributed by atoms with Crippen LogP contribution in [0.2, 0.25) is 0 Å². The van der Waals surface area contributed by atoms with E-state index < -0.39 is 0 Å². The van der Waals surface area contributed by atoms with E-state index in [4.69, 9.17) is 20.9 Å². The van der Waals surface area contributed by atoms with E-state index >= 15 is 0 Å². The van der Waals surface area contributed by atoms with E-state index in [0.29, 0.717) is 24.3 Å². The highest BCUT2D eigenvalue weighted by Crippen LogP contribution is 2.10. The maximum Gasteiger partial charge on any atom is 0.0561 e. The standard InChI is InChI=1S/2C6H13NO/c2*1-5-4-6(7)2-3-8-5/h2*5-6H,2-4,7H2,1H3/t2*5-,6-/m10/s1. The number of hydrogen-bond acceptors (Lipinski definition) is 4. The predicted molar refractivity (Wildman–Crippen MR) is 65.2 cm³/mol. The molecule has 0 spiro atoms. The first-order valence-corrected chi connectivity index (χ1v) is 6.32. The van der Waals surface area contributed by atoms with Gasteiger partial charge in [-0.2, -0.15) is 0 Å². The van der Waals surface area contributed by atoms with Gasteiger partial charge in [0.2, 0.25) is 0 Å². The largest absolute Gasteiger partial charge is 0.378 e. The van der Waals surface area contributed by atoms with Gasteiger partial charge in [0.1, 0.15) is 0 Å². The Labute approximate surface area is 98.7 Å². The van der Waals surface area contributed by atoms with Gasteiger partial charge < -0.3 is 20.9 Å². The van der Waals surface area contributed by atoms with Crippen LogP contribution < -0.4 is 11.5 Å². The van der Waals surface area contributed by atoms with E-state index in [1.807, 2.05) is 0 Å². The van der Waals surface area contributed by atoms with Gasteiger partial charge in [0.05, 0.1) is 12.2 Å². The molecule has 0 bridgehead atoms. The van der Waals surface area contributed by atoms with Crippen molar-refractivity contribution in [1.29, 1.82) is 0 Å². The van der Waals surface area contributed by atoms with Gasteiger partial charge in [0.25, 0.3) is 0 Å². The van der Waals surface area contributed by atoms with Gasteiger partial charge in [-0.3, -0.25) is 0 Å². The Hall–Kier alpha value is -0.160. The van der Waals surface area contributed by atoms with Crippen LogP contribution in [-0.2, 0) is 9.47 Å². The zero-order valence-electron chi connectivity index (χ0n) is 10.5. The molecule has 2 heterocycles. The Morgan fingerprint density at radius 1 is 0.812 bits per heavy atom. The molecule has 0 aliphatic carbocycles. The maximum absolute atomic E-state index is 5.65. The van der Waals surface area contributed by atoms with Crippen LogP contribution in [-0.4, -0.2) is 37.5 Å². The average Bonchev–Trinajstić information content (AvgIpc) is 2.17. The average molecular weight is 230 g/mol. The molecule has 2 aliphatic heterocycles. The second-order valence-electron chi connectivity index (χ2n) is 4.93. The summed E-state index contributed by atoms with van der Waals surface area (Å²) in [6.07, 6.45) is 4.90. The Morgan fingerprint density at radius 3 is 1.38 bits per heavy atom. The molecule has 2 aliphatic rings. The van der Waals surface area contributed by atoms with E-state index in [2.05, 4.69) is 13.8 Å². The maximum atomic E-state index is 5.65. The molecule has 96 valence electrons. The molecule has 0 saturated carbocycles. The highest BCUT2D eigenvalue weighted by molar-refractivity contribution is 4.70. The highest BCUT2D eigenvalue weighted by atomic mass is 16.5. The molecule has 2 rings (SSSR count). The fourth-order valence-electron chi connectivity index (χ4n) is 2.07. The van der Waals surface area contributed by atoms with Crippen LogP contribution in [0.1, 0.15) is 39.5 Å². The second-order valence-corrected chi connectivity index (χ2v) is 4.93. The van der Waals surface area contributed by atoms with Crippen molar-refractivity contribution in [1.82, 2.24) is 0 Å². The first kappa shape index (κ1) is 13.9. The third-order valence-electron chi connectivity index (χ3n) is 3.05. The van der Waals surface area contributed by atoms with Gasteiger partial charge in [-0.15, -0.1) is 0 Å². The molecule has 4 nitrogen and oxygen atoms in total. The molecule has 4 heteroatoms. The molecule has 0 aromatic carbocycles. The highest BCUT2D eigenvalue weighted by Gasteiger charge is 2.15. The fraction of sp³-hybridized carbons (Fsp3) is 1.00. The number of rotatable bonds is 0. The van der Waals surface area contributed by atoms with E-state index in [1.54, 1.807) is 0 Å². The molecular formula is C12H26N2O2.